The van der Waals surface area contributed by atoms with Crippen molar-refractivity contribution < 1.29 is 23.1 Å². The van der Waals surface area contributed by atoms with Gasteiger partial charge in [0.2, 0.25) is 15.6 Å². The third kappa shape index (κ3) is 3.60. The fraction of sp³-hybridized carbons (Fsp3) is 0.182. The van der Waals surface area contributed by atoms with Crippen molar-refractivity contribution in [1.29, 1.82) is 0 Å². The van der Waals surface area contributed by atoms with Gasteiger partial charge < -0.3 is 9.84 Å². The maximum atomic E-state index is 11.7. The molecular weight excluding hydrogens is 244 g/mol. The molecule has 0 radical (unpaired) electrons. The van der Waals surface area contributed by atoms with E-state index in [1.54, 1.807) is 25.1 Å². The van der Waals surface area contributed by atoms with Crippen molar-refractivity contribution in [3.63, 3.8) is 0 Å². The highest BCUT2D eigenvalue weighted by atomic mass is 32.2. The minimum Gasteiger partial charge on any atom is -0.501 e. The van der Waals surface area contributed by atoms with Crippen molar-refractivity contribution in [3.8, 4) is 0 Å². The second kappa shape index (κ2) is 5.49. The smallest absolute Gasteiger partial charge is 0.374 e. The van der Waals surface area contributed by atoms with Gasteiger partial charge in [-0.2, -0.15) is 0 Å². The number of hydrogen-bond donors (Lipinski definition) is 1. The zero-order chi connectivity index (χ0) is 12.9. The van der Waals surface area contributed by atoms with Crippen LogP contribution in [0, 0.1) is 0 Å². The number of carbonyl (C=O) groups excluding carboxylic acids is 1. The van der Waals surface area contributed by atoms with Crippen LogP contribution in [0.15, 0.2) is 46.4 Å². The topological polar surface area (TPSA) is 80.7 Å². The summed E-state index contributed by atoms with van der Waals surface area (Å²) in [5, 5.41) is 9.74. The predicted octanol–water partition coefficient (Wildman–Crippen LogP) is 1.42. The molecule has 5 nitrogen and oxygen atoms in total. The summed E-state index contributed by atoms with van der Waals surface area (Å²) in [7, 11) is -3.84. The van der Waals surface area contributed by atoms with Crippen LogP contribution in [0.1, 0.15) is 6.92 Å². The monoisotopic (exact) mass is 256 g/mol. The third-order valence-corrected chi connectivity index (χ3v) is 3.29. The molecule has 1 N–H and O–H groups in total. The van der Waals surface area contributed by atoms with Gasteiger partial charge in [-0.3, -0.25) is 0 Å². The van der Waals surface area contributed by atoms with E-state index in [9.17, 15) is 18.3 Å². The summed E-state index contributed by atoms with van der Waals surface area (Å²) in [6.45, 7) is 1.61. The third-order valence-electron chi connectivity index (χ3n) is 1.82. The molecule has 0 bridgehead atoms. The Labute approximate surface area is 99.3 Å². The van der Waals surface area contributed by atoms with E-state index in [2.05, 4.69) is 4.74 Å². The van der Waals surface area contributed by atoms with E-state index in [0.29, 0.717) is 5.41 Å². The molecule has 0 aliphatic carbocycles. The molecule has 1 aromatic carbocycles. The lowest BCUT2D eigenvalue weighted by Crippen LogP contribution is -2.09. The molecule has 0 amide bonds. The molecule has 0 spiro atoms. The fourth-order valence-electron chi connectivity index (χ4n) is 1.08. The summed E-state index contributed by atoms with van der Waals surface area (Å²) in [4.78, 5) is 11.0. The normalized spacial score (nSPS) is 12.2. The summed E-state index contributed by atoms with van der Waals surface area (Å²) < 4.78 is 27.9. The number of aliphatic hydroxyl groups is 1. The van der Waals surface area contributed by atoms with Crippen LogP contribution < -0.4 is 0 Å². The zero-order valence-corrected chi connectivity index (χ0v) is 9.98. The van der Waals surface area contributed by atoms with Gasteiger partial charge in [0.25, 0.3) is 0 Å². The van der Waals surface area contributed by atoms with Crippen molar-refractivity contribution in [3.05, 3.63) is 41.5 Å². The van der Waals surface area contributed by atoms with E-state index < -0.39 is 21.6 Å². The lowest BCUT2D eigenvalue weighted by atomic mass is 10.4. The Balaban J connectivity index is 3.02. The number of hydrogen-bond acceptors (Lipinski definition) is 5. The first kappa shape index (κ1) is 13.2. The molecule has 1 aromatic rings. The largest absolute Gasteiger partial charge is 0.501 e. The highest BCUT2D eigenvalue weighted by Gasteiger charge is 2.16. The molecule has 0 heterocycles. The lowest BCUT2D eigenvalue weighted by Gasteiger charge is -2.01. The van der Waals surface area contributed by atoms with Gasteiger partial charge >= 0.3 is 5.97 Å². The Kier molecular flexibility index (Phi) is 4.28. The van der Waals surface area contributed by atoms with Gasteiger partial charge in [-0.15, -0.1) is 0 Å². The van der Waals surface area contributed by atoms with Crippen molar-refractivity contribution in [1.82, 2.24) is 0 Å². The lowest BCUT2D eigenvalue weighted by molar-refractivity contribution is -0.141. The van der Waals surface area contributed by atoms with Crippen LogP contribution in [-0.2, 0) is 19.4 Å². The van der Waals surface area contributed by atoms with Crippen LogP contribution in [0.25, 0.3) is 0 Å². The minimum atomic E-state index is -3.84. The van der Waals surface area contributed by atoms with Gasteiger partial charge in [0, 0.05) is 0 Å². The van der Waals surface area contributed by atoms with Crippen LogP contribution in [-0.4, -0.2) is 26.1 Å². The van der Waals surface area contributed by atoms with E-state index in [1.165, 1.54) is 12.1 Å². The number of rotatable bonds is 4. The Hall–Kier alpha value is -1.82. The van der Waals surface area contributed by atoms with Crippen LogP contribution in [0.4, 0.5) is 0 Å². The molecular formula is C11H12O5S. The molecule has 92 valence electrons. The number of carbonyl (C=O) groups is 1. The van der Waals surface area contributed by atoms with Gasteiger partial charge in [0.05, 0.1) is 16.9 Å². The van der Waals surface area contributed by atoms with Gasteiger partial charge in [0.15, 0.2) is 0 Å². The Morgan fingerprint density at radius 3 is 2.47 bits per heavy atom. The Bertz CT molecular complexity index is 516. The minimum absolute atomic E-state index is 0.00384. The Morgan fingerprint density at radius 1 is 1.35 bits per heavy atom. The van der Waals surface area contributed by atoms with Gasteiger partial charge in [-0.1, -0.05) is 18.2 Å². The second-order valence-corrected chi connectivity index (χ2v) is 4.88. The molecule has 0 aliphatic rings. The van der Waals surface area contributed by atoms with E-state index in [1.807, 2.05) is 0 Å². The number of benzene rings is 1. The highest BCUT2D eigenvalue weighted by Crippen LogP contribution is 2.13. The summed E-state index contributed by atoms with van der Waals surface area (Å²) in [5.41, 5.74) is 0. The molecule has 1 rings (SSSR count). The van der Waals surface area contributed by atoms with Crippen molar-refractivity contribution in [2.75, 3.05) is 6.61 Å². The Morgan fingerprint density at radius 2 is 1.94 bits per heavy atom. The summed E-state index contributed by atoms with van der Waals surface area (Å²) in [5.74, 6) is -2.00. The summed E-state index contributed by atoms with van der Waals surface area (Å²) in [6, 6.07) is 7.48. The molecule has 0 saturated carbocycles. The van der Waals surface area contributed by atoms with E-state index in [4.69, 9.17) is 0 Å². The van der Waals surface area contributed by atoms with Crippen molar-refractivity contribution >= 4 is 15.8 Å². The summed E-state index contributed by atoms with van der Waals surface area (Å²) >= 11 is 0. The maximum Gasteiger partial charge on any atom is 0.374 e. The van der Waals surface area contributed by atoms with E-state index >= 15 is 0 Å². The van der Waals surface area contributed by atoms with Crippen molar-refractivity contribution in [2.24, 2.45) is 0 Å². The average molecular weight is 256 g/mol. The molecule has 0 saturated heterocycles. The van der Waals surface area contributed by atoms with Crippen LogP contribution >= 0.6 is 0 Å². The fourth-order valence-corrected chi connectivity index (χ4v) is 2.14. The molecule has 0 aliphatic heterocycles. The first-order valence-corrected chi connectivity index (χ1v) is 6.40. The predicted molar refractivity (Wildman–Crippen MR) is 61.0 cm³/mol. The standard InChI is InChI=1S/C11H12O5S/c1-2-16-11(13)10(12)8-17(14,15)9-6-4-3-5-7-9/h3-8,12H,2H2,1H3/b10-8+. The second-order valence-electron chi connectivity index (χ2n) is 3.08. The van der Waals surface area contributed by atoms with E-state index in [-0.39, 0.29) is 11.5 Å². The average Bonchev–Trinajstić information content (AvgIpc) is 2.30. The van der Waals surface area contributed by atoms with Gasteiger partial charge in [0.1, 0.15) is 0 Å². The zero-order valence-electron chi connectivity index (χ0n) is 9.16. The number of sulfone groups is 1. The first-order valence-electron chi connectivity index (χ1n) is 4.85. The maximum absolute atomic E-state index is 11.7. The number of aliphatic hydroxyl groups excluding tert-OH is 1. The van der Waals surface area contributed by atoms with Crippen molar-refractivity contribution in [2.45, 2.75) is 11.8 Å². The number of ether oxygens (including phenoxy) is 1. The first-order chi connectivity index (χ1) is 7.97. The molecule has 0 fully saturated rings. The molecule has 0 unspecified atom stereocenters. The molecule has 17 heavy (non-hydrogen) atoms. The molecule has 0 atom stereocenters. The summed E-state index contributed by atoms with van der Waals surface area (Å²) in [6.07, 6.45) is 0. The van der Waals surface area contributed by atoms with Gasteiger partial charge in [-0.05, 0) is 19.1 Å². The quantitative estimate of drug-likeness (QED) is 0.500. The van der Waals surface area contributed by atoms with Crippen LogP contribution in [0.3, 0.4) is 0 Å². The number of esters is 1. The van der Waals surface area contributed by atoms with Crippen LogP contribution in [0.5, 0.6) is 0 Å². The SMILES string of the molecule is CCOC(=O)/C(O)=C\S(=O)(=O)c1ccccc1. The van der Waals surface area contributed by atoms with E-state index in [0.717, 1.165) is 0 Å². The molecule has 0 aromatic heterocycles. The van der Waals surface area contributed by atoms with Crippen LogP contribution in [0.2, 0.25) is 0 Å². The molecule has 6 heteroatoms. The highest BCUT2D eigenvalue weighted by molar-refractivity contribution is 7.94. The van der Waals surface area contributed by atoms with Gasteiger partial charge in [-0.25, -0.2) is 13.2 Å².